The van der Waals surface area contributed by atoms with Crippen molar-refractivity contribution in [2.24, 2.45) is 0 Å². The van der Waals surface area contributed by atoms with E-state index in [1.54, 1.807) is 0 Å². The number of hydrogen-bond donors (Lipinski definition) is 1. The lowest BCUT2D eigenvalue weighted by atomic mass is 9.92. The summed E-state index contributed by atoms with van der Waals surface area (Å²) in [5.74, 6) is 1.88. The second kappa shape index (κ2) is 7.90. The Morgan fingerprint density at radius 1 is 1.12 bits per heavy atom. The summed E-state index contributed by atoms with van der Waals surface area (Å²) in [4.78, 5) is 14.2. The van der Waals surface area contributed by atoms with Gasteiger partial charge in [0.25, 0.3) is 0 Å². The van der Waals surface area contributed by atoms with Crippen LogP contribution in [-0.4, -0.2) is 60.0 Å². The van der Waals surface area contributed by atoms with Gasteiger partial charge in [-0.25, -0.2) is 9.97 Å². The second-order valence-corrected chi connectivity index (χ2v) is 7.09. The molecule has 0 unspecified atom stereocenters. The van der Waals surface area contributed by atoms with Crippen molar-refractivity contribution >= 4 is 16.7 Å². The lowest BCUT2D eigenvalue weighted by molar-refractivity contribution is 0.149. The van der Waals surface area contributed by atoms with Gasteiger partial charge in [-0.3, -0.25) is 4.90 Å². The molecule has 3 rings (SSSR count). The van der Waals surface area contributed by atoms with Crippen molar-refractivity contribution in [1.29, 1.82) is 0 Å². The molecule has 0 aliphatic heterocycles. The van der Waals surface area contributed by atoms with Crippen LogP contribution >= 0.6 is 0 Å². The van der Waals surface area contributed by atoms with E-state index in [1.165, 1.54) is 19.3 Å². The average molecular weight is 327 g/mol. The number of nitrogens with zero attached hydrogens (tertiary/aromatic N) is 4. The SMILES string of the molecule is CN(C)CCCNc1nc(CN(C)C2CCC2)nc2ccccc12. The zero-order valence-corrected chi connectivity index (χ0v) is 15.1. The summed E-state index contributed by atoms with van der Waals surface area (Å²) in [5.41, 5.74) is 1.03. The first-order chi connectivity index (χ1) is 11.6. The van der Waals surface area contributed by atoms with Crippen LogP contribution in [0.15, 0.2) is 24.3 Å². The van der Waals surface area contributed by atoms with E-state index >= 15 is 0 Å². The summed E-state index contributed by atoms with van der Waals surface area (Å²) in [7, 11) is 6.40. The van der Waals surface area contributed by atoms with Crippen molar-refractivity contribution in [3.05, 3.63) is 30.1 Å². The van der Waals surface area contributed by atoms with Crippen LogP contribution in [-0.2, 0) is 6.54 Å². The van der Waals surface area contributed by atoms with Gasteiger partial charge in [-0.1, -0.05) is 18.6 Å². The summed E-state index contributed by atoms with van der Waals surface area (Å²) < 4.78 is 0. The van der Waals surface area contributed by atoms with Crippen LogP contribution in [0.25, 0.3) is 10.9 Å². The predicted molar refractivity (Wildman–Crippen MR) is 100 cm³/mol. The van der Waals surface area contributed by atoms with E-state index in [0.717, 1.165) is 48.6 Å². The van der Waals surface area contributed by atoms with E-state index in [2.05, 4.69) is 54.5 Å². The summed E-state index contributed by atoms with van der Waals surface area (Å²) in [5, 5.41) is 4.63. The van der Waals surface area contributed by atoms with Gasteiger partial charge >= 0.3 is 0 Å². The van der Waals surface area contributed by atoms with Crippen LogP contribution in [0.5, 0.6) is 0 Å². The minimum absolute atomic E-state index is 0.705. The zero-order chi connectivity index (χ0) is 16.9. The van der Waals surface area contributed by atoms with Crippen LogP contribution in [0.1, 0.15) is 31.5 Å². The maximum atomic E-state index is 4.82. The van der Waals surface area contributed by atoms with Gasteiger partial charge in [0.15, 0.2) is 0 Å². The van der Waals surface area contributed by atoms with E-state index in [1.807, 2.05) is 6.07 Å². The third-order valence-electron chi connectivity index (χ3n) is 4.81. The van der Waals surface area contributed by atoms with Gasteiger partial charge in [0.05, 0.1) is 12.1 Å². The molecule has 1 saturated carbocycles. The lowest BCUT2D eigenvalue weighted by Gasteiger charge is -2.34. The Morgan fingerprint density at radius 2 is 1.92 bits per heavy atom. The van der Waals surface area contributed by atoms with Crippen molar-refractivity contribution in [3.8, 4) is 0 Å². The van der Waals surface area contributed by atoms with Crippen molar-refractivity contribution in [2.45, 2.75) is 38.3 Å². The molecular formula is C19H29N5. The first kappa shape index (κ1) is 17.1. The molecule has 0 bridgehead atoms. The van der Waals surface area contributed by atoms with Crippen LogP contribution in [0.3, 0.4) is 0 Å². The smallest absolute Gasteiger partial charge is 0.145 e. The minimum Gasteiger partial charge on any atom is -0.369 e. The summed E-state index contributed by atoms with van der Waals surface area (Å²) in [6, 6.07) is 8.98. The Kier molecular flexibility index (Phi) is 5.63. The average Bonchev–Trinajstić information content (AvgIpc) is 2.49. The molecule has 1 aromatic heterocycles. The highest BCUT2D eigenvalue weighted by atomic mass is 15.2. The van der Waals surface area contributed by atoms with Crippen LogP contribution < -0.4 is 5.32 Å². The molecule has 0 amide bonds. The highest BCUT2D eigenvalue weighted by Gasteiger charge is 2.22. The van der Waals surface area contributed by atoms with Crippen LogP contribution in [0, 0.1) is 0 Å². The van der Waals surface area contributed by atoms with E-state index in [9.17, 15) is 0 Å². The number of aromatic nitrogens is 2. The first-order valence-electron chi connectivity index (χ1n) is 8.98. The molecule has 1 aliphatic rings. The third kappa shape index (κ3) is 4.22. The zero-order valence-electron chi connectivity index (χ0n) is 15.1. The molecule has 1 heterocycles. The van der Waals surface area contributed by atoms with Gasteiger partial charge in [0.1, 0.15) is 11.6 Å². The van der Waals surface area contributed by atoms with Gasteiger partial charge in [-0.15, -0.1) is 0 Å². The molecule has 0 radical (unpaired) electrons. The largest absolute Gasteiger partial charge is 0.369 e. The number of anilines is 1. The molecule has 5 nitrogen and oxygen atoms in total. The van der Waals surface area contributed by atoms with Gasteiger partial charge in [-0.2, -0.15) is 0 Å². The monoisotopic (exact) mass is 327 g/mol. The maximum absolute atomic E-state index is 4.82. The minimum atomic E-state index is 0.705. The summed E-state index contributed by atoms with van der Waals surface area (Å²) in [6.45, 7) is 2.83. The summed E-state index contributed by atoms with van der Waals surface area (Å²) >= 11 is 0. The van der Waals surface area contributed by atoms with Crippen molar-refractivity contribution in [2.75, 3.05) is 39.5 Å². The van der Waals surface area contributed by atoms with Gasteiger partial charge < -0.3 is 10.2 Å². The Labute approximate surface area is 145 Å². The number of benzene rings is 1. The normalized spacial score (nSPS) is 15.2. The first-order valence-corrected chi connectivity index (χ1v) is 8.98. The highest BCUT2D eigenvalue weighted by molar-refractivity contribution is 5.88. The number of para-hydroxylation sites is 1. The molecular weight excluding hydrogens is 298 g/mol. The van der Waals surface area contributed by atoms with Crippen LogP contribution in [0.4, 0.5) is 5.82 Å². The molecule has 24 heavy (non-hydrogen) atoms. The Balaban J connectivity index is 1.74. The third-order valence-corrected chi connectivity index (χ3v) is 4.81. The fourth-order valence-corrected chi connectivity index (χ4v) is 3.11. The number of nitrogens with one attached hydrogen (secondary N) is 1. The van der Waals surface area contributed by atoms with Crippen molar-refractivity contribution in [3.63, 3.8) is 0 Å². The van der Waals surface area contributed by atoms with Gasteiger partial charge in [-0.05, 0) is 59.1 Å². The molecule has 2 aromatic rings. The maximum Gasteiger partial charge on any atom is 0.145 e. The Bertz CT molecular complexity index is 666. The van der Waals surface area contributed by atoms with E-state index < -0.39 is 0 Å². The van der Waals surface area contributed by atoms with Crippen LogP contribution in [0.2, 0.25) is 0 Å². The quantitative estimate of drug-likeness (QED) is 0.755. The molecule has 1 aliphatic carbocycles. The molecule has 130 valence electrons. The van der Waals surface area contributed by atoms with Crippen molar-refractivity contribution in [1.82, 2.24) is 19.8 Å². The predicted octanol–water partition coefficient (Wildman–Crippen LogP) is 2.98. The number of rotatable bonds is 8. The molecule has 1 fully saturated rings. The van der Waals surface area contributed by atoms with E-state index in [-0.39, 0.29) is 0 Å². The van der Waals surface area contributed by atoms with Gasteiger partial charge in [0.2, 0.25) is 0 Å². The lowest BCUT2D eigenvalue weighted by Crippen LogP contribution is -2.37. The van der Waals surface area contributed by atoms with Crippen molar-refractivity contribution < 1.29 is 0 Å². The van der Waals surface area contributed by atoms with E-state index in [0.29, 0.717) is 6.04 Å². The molecule has 0 atom stereocenters. The fraction of sp³-hybridized carbons (Fsp3) is 0.579. The molecule has 5 heteroatoms. The number of hydrogen-bond acceptors (Lipinski definition) is 5. The molecule has 0 saturated heterocycles. The molecule has 1 aromatic carbocycles. The summed E-state index contributed by atoms with van der Waals surface area (Å²) in [6.07, 6.45) is 5.06. The highest BCUT2D eigenvalue weighted by Crippen LogP contribution is 2.25. The van der Waals surface area contributed by atoms with Gasteiger partial charge in [0, 0.05) is 18.0 Å². The Morgan fingerprint density at radius 3 is 2.62 bits per heavy atom. The Hall–Kier alpha value is -1.72. The standard InChI is InChI=1S/C19H29N5/c1-23(2)13-7-12-20-19-16-10-4-5-11-17(16)21-18(22-19)14-24(3)15-8-6-9-15/h4-5,10-11,15H,6-9,12-14H2,1-3H3,(H,20,21,22). The molecule has 0 spiro atoms. The number of fused-ring (bicyclic) bond motifs is 1. The second-order valence-electron chi connectivity index (χ2n) is 7.09. The molecule has 1 N–H and O–H groups in total. The topological polar surface area (TPSA) is 44.3 Å². The van der Waals surface area contributed by atoms with E-state index in [4.69, 9.17) is 9.97 Å². The fourth-order valence-electron chi connectivity index (χ4n) is 3.11.